The Hall–Kier alpha value is -1.55. The van der Waals surface area contributed by atoms with E-state index in [9.17, 15) is 9.90 Å². The Morgan fingerprint density at radius 1 is 1.42 bits per heavy atom. The Bertz CT molecular complexity index is 529. The Morgan fingerprint density at radius 3 is 2.63 bits per heavy atom. The van der Waals surface area contributed by atoms with Crippen molar-refractivity contribution < 1.29 is 9.90 Å². The zero-order valence-corrected chi connectivity index (χ0v) is 11.4. The number of carbonyl (C=O) groups excluding carboxylic acids is 1. The molecule has 0 saturated heterocycles. The summed E-state index contributed by atoms with van der Waals surface area (Å²) in [5, 5.41) is 10.4. The van der Waals surface area contributed by atoms with Gasteiger partial charge in [-0.3, -0.25) is 4.79 Å². The summed E-state index contributed by atoms with van der Waals surface area (Å²) in [6.07, 6.45) is 2.18. The van der Waals surface area contributed by atoms with Crippen molar-refractivity contribution in [2.75, 3.05) is 5.73 Å². The third-order valence-corrected chi connectivity index (χ3v) is 4.13. The van der Waals surface area contributed by atoms with Crippen LogP contribution < -0.4 is 5.73 Å². The minimum atomic E-state index is -0.881. The maximum absolute atomic E-state index is 12.6. The average molecular weight is 260 g/mol. The number of amides is 1. The Balaban J connectivity index is 1.97. The van der Waals surface area contributed by atoms with Crippen LogP contribution in [0, 0.1) is 5.92 Å². The topological polar surface area (TPSA) is 66.6 Å². The molecule has 1 aliphatic heterocycles. The Kier molecular flexibility index (Phi) is 2.61. The number of carbonyl (C=O) groups is 1. The molecule has 4 heteroatoms. The molecule has 0 aromatic heterocycles. The van der Waals surface area contributed by atoms with Crippen LogP contribution in [0.1, 0.15) is 42.6 Å². The van der Waals surface area contributed by atoms with E-state index in [1.54, 1.807) is 24.8 Å². The van der Waals surface area contributed by atoms with Gasteiger partial charge in [-0.05, 0) is 44.2 Å². The summed E-state index contributed by atoms with van der Waals surface area (Å²) in [5.41, 5.74) is 7.17. The van der Waals surface area contributed by atoms with Crippen LogP contribution in [-0.2, 0) is 6.54 Å². The van der Waals surface area contributed by atoms with E-state index in [1.807, 2.05) is 12.1 Å². The monoisotopic (exact) mass is 260 g/mol. The number of nitrogens with zero attached hydrogens (tertiary/aromatic N) is 1. The number of aliphatic hydroxyl groups is 1. The van der Waals surface area contributed by atoms with Crippen LogP contribution in [0.5, 0.6) is 0 Å². The van der Waals surface area contributed by atoms with Crippen molar-refractivity contribution in [2.45, 2.75) is 44.9 Å². The van der Waals surface area contributed by atoms with E-state index < -0.39 is 5.60 Å². The molecule has 0 radical (unpaired) electrons. The highest BCUT2D eigenvalue weighted by atomic mass is 16.3. The number of anilines is 1. The second kappa shape index (κ2) is 3.97. The van der Waals surface area contributed by atoms with Gasteiger partial charge in [0.05, 0.1) is 17.2 Å². The fourth-order valence-corrected chi connectivity index (χ4v) is 3.26. The van der Waals surface area contributed by atoms with Gasteiger partial charge in [0.15, 0.2) is 0 Å². The summed E-state index contributed by atoms with van der Waals surface area (Å²) in [7, 11) is 0. The molecule has 1 heterocycles. The highest BCUT2D eigenvalue weighted by Gasteiger charge is 2.47. The van der Waals surface area contributed by atoms with E-state index in [-0.39, 0.29) is 11.9 Å². The van der Waals surface area contributed by atoms with E-state index in [4.69, 9.17) is 5.73 Å². The molecule has 2 aliphatic rings. The van der Waals surface area contributed by atoms with Gasteiger partial charge < -0.3 is 15.7 Å². The van der Waals surface area contributed by atoms with Crippen molar-refractivity contribution in [1.82, 2.24) is 4.90 Å². The van der Waals surface area contributed by atoms with Crippen LogP contribution in [0.25, 0.3) is 0 Å². The predicted molar refractivity (Wildman–Crippen MR) is 73.5 cm³/mol. The van der Waals surface area contributed by atoms with E-state index in [2.05, 4.69) is 0 Å². The second-order valence-corrected chi connectivity index (χ2v) is 6.25. The second-order valence-electron chi connectivity index (χ2n) is 6.25. The predicted octanol–water partition coefficient (Wildman–Crippen LogP) is 1.77. The molecule has 4 nitrogen and oxygen atoms in total. The largest absolute Gasteiger partial charge is 0.398 e. The van der Waals surface area contributed by atoms with Gasteiger partial charge in [-0.25, -0.2) is 0 Å². The van der Waals surface area contributed by atoms with Crippen LogP contribution in [-0.4, -0.2) is 27.6 Å². The lowest BCUT2D eigenvalue weighted by molar-refractivity contribution is -0.0223. The SMILES string of the molecule is CC(C)(O)[C@@H](C1CC1)N1Cc2cccc(N)c2C1=O. The number of fused-ring (bicyclic) bond motifs is 1. The summed E-state index contributed by atoms with van der Waals surface area (Å²) in [6, 6.07) is 5.46. The summed E-state index contributed by atoms with van der Waals surface area (Å²) < 4.78 is 0. The highest BCUT2D eigenvalue weighted by molar-refractivity contribution is 6.03. The lowest BCUT2D eigenvalue weighted by Gasteiger charge is -2.37. The molecule has 102 valence electrons. The molecule has 1 fully saturated rings. The number of nitrogen functional groups attached to an aromatic ring is 1. The van der Waals surface area contributed by atoms with Crippen LogP contribution in [0.15, 0.2) is 18.2 Å². The van der Waals surface area contributed by atoms with Gasteiger partial charge in [0, 0.05) is 12.2 Å². The Morgan fingerprint density at radius 2 is 2.11 bits per heavy atom. The zero-order valence-electron chi connectivity index (χ0n) is 11.4. The van der Waals surface area contributed by atoms with Gasteiger partial charge in [0.1, 0.15) is 0 Å². The molecular weight excluding hydrogens is 240 g/mol. The first-order valence-corrected chi connectivity index (χ1v) is 6.80. The molecule has 0 bridgehead atoms. The molecule has 1 aromatic carbocycles. The summed E-state index contributed by atoms with van der Waals surface area (Å²) in [4.78, 5) is 14.4. The lowest BCUT2D eigenvalue weighted by Crippen LogP contribution is -2.51. The summed E-state index contributed by atoms with van der Waals surface area (Å²) in [5.74, 6) is 0.381. The summed E-state index contributed by atoms with van der Waals surface area (Å²) >= 11 is 0. The first-order valence-electron chi connectivity index (χ1n) is 6.80. The van der Waals surface area contributed by atoms with Crippen molar-refractivity contribution in [2.24, 2.45) is 5.92 Å². The first kappa shape index (κ1) is 12.5. The van der Waals surface area contributed by atoms with Crippen LogP contribution in [0.2, 0.25) is 0 Å². The molecule has 19 heavy (non-hydrogen) atoms. The van der Waals surface area contributed by atoms with Crippen molar-refractivity contribution in [1.29, 1.82) is 0 Å². The highest BCUT2D eigenvalue weighted by Crippen LogP contribution is 2.43. The molecule has 0 unspecified atom stereocenters. The van der Waals surface area contributed by atoms with Crippen molar-refractivity contribution in [3.63, 3.8) is 0 Å². The molecule has 1 atom stereocenters. The fraction of sp³-hybridized carbons (Fsp3) is 0.533. The minimum absolute atomic E-state index is 0.0351. The van der Waals surface area contributed by atoms with E-state index in [0.717, 1.165) is 18.4 Å². The summed E-state index contributed by atoms with van der Waals surface area (Å²) in [6.45, 7) is 4.13. The fourth-order valence-electron chi connectivity index (χ4n) is 3.26. The molecule has 3 rings (SSSR count). The molecule has 1 amide bonds. The molecule has 1 aromatic rings. The minimum Gasteiger partial charge on any atom is -0.398 e. The number of rotatable bonds is 3. The van der Waals surface area contributed by atoms with Crippen molar-refractivity contribution in [3.8, 4) is 0 Å². The van der Waals surface area contributed by atoms with Gasteiger partial charge in [-0.15, -0.1) is 0 Å². The lowest BCUT2D eigenvalue weighted by atomic mass is 9.93. The van der Waals surface area contributed by atoms with Gasteiger partial charge in [0.2, 0.25) is 0 Å². The van der Waals surface area contributed by atoms with E-state index in [0.29, 0.717) is 23.7 Å². The number of nitrogens with two attached hydrogens (primary N) is 1. The van der Waals surface area contributed by atoms with Crippen molar-refractivity contribution in [3.05, 3.63) is 29.3 Å². The first-order chi connectivity index (χ1) is 8.89. The standard InChI is InChI=1S/C15H20N2O2/c1-15(2,19)13(9-6-7-9)17-8-10-4-3-5-11(16)12(10)14(17)18/h3-5,9,13,19H,6-8,16H2,1-2H3/t13-/m1/s1. The Labute approximate surface area is 113 Å². The normalized spacial score (nSPS) is 20.6. The molecular formula is C15H20N2O2. The van der Waals surface area contributed by atoms with Crippen molar-refractivity contribution >= 4 is 11.6 Å². The maximum atomic E-state index is 12.6. The average Bonchev–Trinajstić information content (AvgIpc) is 3.04. The van der Waals surface area contributed by atoms with Crippen LogP contribution in [0.4, 0.5) is 5.69 Å². The number of hydrogen-bond donors (Lipinski definition) is 2. The smallest absolute Gasteiger partial charge is 0.256 e. The van der Waals surface area contributed by atoms with Crippen LogP contribution in [0.3, 0.4) is 0 Å². The number of benzene rings is 1. The van der Waals surface area contributed by atoms with Gasteiger partial charge in [-0.1, -0.05) is 12.1 Å². The molecule has 3 N–H and O–H groups in total. The zero-order chi connectivity index (χ0) is 13.8. The van der Waals surface area contributed by atoms with Gasteiger partial charge in [-0.2, -0.15) is 0 Å². The van der Waals surface area contributed by atoms with E-state index in [1.165, 1.54) is 0 Å². The molecule has 0 spiro atoms. The quantitative estimate of drug-likeness (QED) is 0.814. The van der Waals surface area contributed by atoms with E-state index >= 15 is 0 Å². The van der Waals surface area contributed by atoms with Crippen LogP contribution >= 0.6 is 0 Å². The molecule has 1 aliphatic carbocycles. The van der Waals surface area contributed by atoms with Gasteiger partial charge >= 0.3 is 0 Å². The van der Waals surface area contributed by atoms with Gasteiger partial charge in [0.25, 0.3) is 5.91 Å². The maximum Gasteiger partial charge on any atom is 0.256 e. The third kappa shape index (κ3) is 2.00. The molecule has 1 saturated carbocycles. The number of hydrogen-bond acceptors (Lipinski definition) is 3. The third-order valence-electron chi connectivity index (χ3n) is 4.13.